The molecule has 3 heterocycles. The molecule has 1 saturated heterocycles. The standard InChI is InChI=1S/C17H24N4O2S/c1-12-11-24-17(19-12)21-7-6-20(10-13(21)2)14(3)16(22)18-9-15-5-4-8-23-15/h4-5,8,11,13-14H,6-7,9-10H2,1-3H3,(H,18,22). The molecule has 0 radical (unpaired) electrons. The van der Waals surface area contributed by atoms with Crippen LogP contribution in [-0.2, 0) is 11.3 Å². The van der Waals surface area contributed by atoms with Gasteiger partial charge in [-0.05, 0) is 32.9 Å². The van der Waals surface area contributed by atoms with Gasteiger partial charge in [0, 0.05) is 31.1 Å². The van der Waals surface area contributed by atoms with E-state index in [1.807, 2.05) is 26.0 Å². The van der Waals surface area contributed by atoms with Crippen LogP contribution in [0.5, 0.6) is 0 Å². The predicted octanol–water partition coefficient (Wildman–Crippen LogP) is 2.26. The van der Waals surface area contributed by atoms with E-state index in [9.17, 15) is 4.79 Å². The van der Waals surface area contributed by atoms with Crippen LogP contribution in [0.1, 0.15) is 25.3 Å². The molecule has 1 amide bonds. The summed E-state index contributed by atoms with van der Waals surface area (Å²) in [7, 11) is 0. The van der Waals surface area contributed by atoms with Crippen LogP contribution in [0, 0.1) is 6.92 Å². The molecule has 2 atom stereocenters. The van der Waals surface area contributed by atoms with E-state index in [1.165, 1.54) is 0 Å². The van der Waals surface area contributed by atoms with Crippen LogP contribution in [0.2, 0.25) is 0 Å². The first-order valence-corrected chi connectivity index (χ1v) is 9.15. The van der Waals surface area contributed by atoms with E-state index in [2.05, 4.69) is 32.4 Å². The summed E-state index contributed by atoms with van der Waals surface area (Å²) in [4.78, 5) is 21.5. The fraction of sp³-hybridized carbons (Fsp3) is 0.529. The summed E-state index contributed by atoms with van der Waals surface area (Å²) in [5.74, 6) is 0.810. The summed E-state index contributed by atoms with van der Waals surface area (Å²) in [6.45, 7) is 9.22. The molecule has 6 nitrogen and oxygen atoms in total. The highest BCUT2D eigenvalue weighted by Crippen LogP contribution is 2.25. The summed E-state index contributed by atoms with van der Waals surface area (Å²) in [6.07, 6.45) is 1.62. The number of anilines is 1. The third-order valence-electron chi connectivity index (χ3n) is 4.46. The van der Waals surface area contributed by atoms with Gasteiger partial charge in [-0.1, -0.05) is 0 Å². The van der Waals surface area contributed by atoms with Crippen molar-refractivity contribution in [2.45, 2.75) is 39.4 Å². The predicted molar refractivity (Wildman–Crippen MR) is 95.2 cm³/mol. The maximum absolute atomic E-state index is 12.4. The average Bonchev–Trinajstić information content (AvgIpc) is 3.23. The Hall–Kier alpha value is -1.86. The summed E-state index contributed by atoms with van der Waals surface area (Å²) in [6, 6.07) is 3.88. The van der Waals surface area contributed by atoms with Crippen molar-refractivity contribution in [2.75, 3.05) is 24.5 Å². The van der Waals surface area contributed by atoms with E-state index in [0.29, 0.717) is 12.6 Å². The zero-order valence-corrected chi connectivity index (χ0v) is 15.2. The number of carbonyl (C=O) groups excluding carboxylic acids is 1. The Balaban J connectivity index is 1.53. The summed E-state index contributed by atoms with van der Waals surface area (Å²) in [5.41, 5.74) is 1.07. The lowest BCUT2D eigenvalue weighted by Crippen LogP contribution is -2.57. The molecule has 24 heavy (non-hydrogen) atoms. The number of carbonyl (C=O) groups is 1. The number of aromatic nitrogens is 1. The van der Waals surface area contributed by atoms with E-state index in [1.54, 1.807) is 17.6 Å². The molecule has 1 aliphatic heterocycles. The van der Waals surface area contributed by atoms with Gasteiger partial charge < -0.3 is 14.6 Å². The molecule has 2 aromatic heterocycles. The van der Waals surface area contributed by atoms with Crippen molar-refractivity contribution in [3.63, 3.8) is 0 Å². The maximum Gasteiger partial charge on any atom is 0.237 e. The molecular weight excluding hydrogens is 324 g/mol. The fourth-order valence-corrected chi connectivity index (χ4v) is 3.93. The molecule has 0 saturated carbocycles. The van der Waals surface area contributed by atoms with E-state index in [4.69, 9.17) is 4.42 Å². The highest BCUT2D eigenvalue weighted by molar-refractivity contribution is 7.13. The number of aryl methyl sites for hydroxylation is 1. The lowest BCUT2D eigenvalue weighted by molar-refractivity contribution is -0.126. The van der Waals surface area contributed by atoms with Crippen LogP contribution < -0.4 is 10.2 Å². The number of nitrogens with zero attached hydrogens (tertiary/aromatic N) is 3. The second-order valence-electron chi connectivity index (χ2n) is 6.28. The number of amides is 1. The zero-order valence-electron chi connectivity index (χ0n) is 14.4. The van der Waals surface area contributed by atoms with Crippen molar-refractivity contribution in [1.82, 2.24) is 15.2 Å². The Bertz CT molecular complexity index is 670. The highest BCUT2D eigenvalue weighted by Gasteiger charge is 2.30. The van der Waals surface area contributed by atoms with Crippen LogP contribution in [0.25, 0.3) is 0 Å². The molecule has 0 bridgehead atoms. The summed E-state index contributed by atoms with van der Waals surface area (Å²) < 4.78 is 5.25. The molecule has 2 unspecified atom stereocenters. The van der Waals surface area contributed by atoms with Gasteiger partial charge in [0.05, 0.1) is 24.5 Å². The topological polar surface area (TPSA) is 61.6 Å². The van der Waals surface area contributed by atoms with E-state index in [0.717, 1.165) is 36.2 Å². The monoisotopic (exact) mass is 348 g/mol. The van der Waals surface area contributed by atoms with Crippen molar-refractivity contribution in [1.29, 1.82) is 0 Å². The maximum atomic E-state index is 12.4. The quantitative estimate of drug-likeness (QED) is 0.898. The average molecular weight is 348 g/mol. The zero-order chi connectivity index (χ0) is 17.1. The third kappa shape index (κ3) is 3.79. The van der Waals surface area contributed by atoms with Crippen LogP contribution in [0.3, 0.4) is 0 Å². The number of furan rings is 1. The summed E-state index contributed by atoms with van der Waals surface area (Å²) >= 11 is 1.69. The number of nitrogens with one attached hydrogen (secondary N) is 1. The molecule has 2 aromatic rings. The molecule has 0 spiro atoms. The van der Waals surface area contributed by atoms with E-state index < -0.39 is 0 Å². The van der Waals surface area contributed by atoms with Gasteiger partial charge in [0.1, 0.15) is 5.76 Å². The van der Waals surface area contributed by atoms with Gasteiger partial charge in [-0.25, -0.2) is 4.98 Å². The lowest BCUT2D eigenvalue weighted by Gasteiger charge is -2.41. The van der Waals surface area contributed by atoms with Crippen molar-refractivity contribution in [2.24, 2.45) is 0 Å². The fourth-order valence-electron chi connectivity index (χ4n) is 3.00. The van der Waals surface area contributed by atoms with Gasteiger partial charge >= 0.3 is 0 Å². The Morgan fingerprint density at radius 1 is 1.54 bits per heavy atom. The molecule has 1 fully saturated rings. The lowest BCUT2D eigenvalue weighted by atomic mass is 10.1. The van der Waals surface area contributed by atoms with Crippen molar-refractivity contribution in [3.05, 3.63) is 35.2 Å². The molecule has 0 aromatic carbocycles. The molecule has 0 aliphatic carbocycles. The minimum atomic E-state index is -0.150. The SMILES string of the molecule is Cc1csc(N2CCN(C(C)C(=O)NCc3ccco3)CC2C)n1. The molecule has 1 N–H and O–H groups in total. The molecule has 130 valence electrons. The number of piperazine rings is 1. The van der Waals surface area contributed by atoms with Gasteiger partial charge in [0.25, 0.3) is 0 Å². The van der Waals surface area contributed by atoms with Crippen molar-refractivity contribution in [3.8, 4) is 0 Å². The highest BCUT2D eigenvalue weighted by atomic mass is 32.1. The number of rotatable bonds is 5. The molecular formula is C17H24N4O2S. The minimum Gasteiger partial charge on any atom is -0.467 e. The Labute approximate surface area is 146 Å². The van der Waals surface area contributed by atoms with Gasteiger partial charge in [-0.3, -0.25) is 9.69 Å². The van der Waals surface area contributed by atoms with Crippen molar-refractivity contribution < 1.29 is 9.21 Å². The Kier molecular flexibility index (Phi) is 5.20. The molecule has 7 heteroatoms. The minimum absolute atomic E-state index is 0.0390. The molecule has 1 aliphatic rings. The van der Waals surface area contributed by atoms with Crippen molar-refractivity contribution >= 4 is 22.4 Å². The van der Waals surface area contributed by atoms with Crippen LogP contribution in [0.4, 0.5) is 5.13 Å². The summed E-state index contributed by atoms with van der Waals surface area (Å²) in [5, 5.41) is 6.11. The normalized spacial score (nSPS) is 20.1. The second kappa shape index (κ2) is 7.36. The van der Waals surface area contributed by atoms with Crippen LogP contribution >= 0.6 is 11.3 Å². The first-order valence-electron chi connectivity index (χ1n) is 8.27. The second-order valence-corrected chi connectivity index (χ2v) is 7.12. The Morgan fingerprint density at radius 2 is 2.38 bits per heavy atom. The number of hydrogen-bond acceptors (Lipinski definition) is 6. The number of hydrogen-bond donors (Lipinski definition) is 1. The van der Waals surface area contributed by atoms with Gasteiger partial charge in [0.15, 0.2) is 5.13 Å². The van der Waals surface area contributed by atoms with Gasteiger partial charge in [-0.15, -0.1) is 11.3 Å². The smallest absolute Gasteiger partial charge is 0.237 e. The molecule has 3 rings (SSSR count). The first-order chi connectivity index (χ1) is 11.5. The number of thiazole rings is 1. The third-order valence-corrected chi connectivity index (χ3v) is 5.45. The Morgan fingerprint density at radius 3 is 3.00 bits per heavy atom. The van der Waals surface area contributed by atoms with Crippen LogP contribution in [-0.4, -0.2) is 47.5 Å². The van der Waals surface area contributed by atoms with Gasteiger partial charge in [0.2, 0.25) is 5.91 Å². The first kappa shape index (κ1) is 17.0. The van der Waals surface area contributed by atoms with E-state index in [-0.39, 0.29) is 11.9 Å². The largest absolute Gasteiger partial charge is 0.467 e. The van der Waals surface area contributed by atoms with Gasteiger partial charge in [-0.2, -0.15) is 0 Å². The van der Waals surface area contributed by atoms with E-state index >= 15 is 0 Å². The van der Waals surface area contributed by atoms with Crippen LogP contribution in [0.15, 0.2) is 28.2 Å².